The zero-order valence-corrected chi connectivity index (χ0v) is 12.2. The van der Waals surface area contributed by atoms with Gasteiger partial charge in [0.2, 0.25) is 5.91 Å². The predicted octanol–water partition coefficient (Wildman–Crippen LogP) is 3.18. The molecule has 1 aromatic carbocycles. The standard InChI is InChI=1S/C16H21NO3/c1-15(2,3)11-7-4-5-8-12(11)17-13(18)16(14(19)20)9-6-10-16/h4-5,7-8H,6,9-10H2,1-3H3,(H,17,18)(H,19,20). The van der Waals surface area contributed by atoms with Crippen LogP contribution in [-0.2, 0) is 15.0 Å². The Morgan fingerprint density at radius 1 is 1.20 bits per heavy atom. The van der Waals surface area contributed by atoms with Crippen LogP contribution in [-0.4, -0.2) is 17.0 Å². The molecule has 0 atom stereocenters. The minimum Gasteiger partial charge on any atom is -0.480 e. The Hall–Kier alpha value is -1.84. The Morgan fingerprint density at radius 3 is 2.25 bits per heavy atom. The third-order valence-electron chi connectivity index (χ3n) is 4.03. The van der Waals surface area contributed by atoms with Crippen LogP contribution in [0.25, 0.3) is 0 Å². The second-order valence-electron chi connectivity index (χ2n) is 6.49. The highest BCUT2D eigenvalue weighted by Crippen LogP contribution is 2.42. The number of carboxylic acid groups (broad SMARTS) is 1. The van der Waals surface area contributed by atoms with Gasteiger partial charge in [0.15, 0.2) is 0 Å². The molecular formula is C16H21NO3. The van der Waals surface area contributed by atoms with Gasteiger partial charge in [-0.1, -0.05) is 45.4 Å². The van der Waals surface area contributed by atoms with Crippen molar-refractivity contribution < 1.29 is 14.7 Å². The first-order valence-corrected chi connectivity index (χ1v) is 6.92. The van der Waals surface area contributed by atoms with E-state index >= 15 is 0 Å². The topological polar surface area (TPSA) is 66.4 Å². The van der Waals surface area contributed by atoms with E-state index < -0.39 is 17.3 Å². The first-order valence-electron chi connectivity index (χ1n) is 6.92. The molecule has 1 fully saturated rings. The quantitative estimate of drug-likeness (QED) is 0.833. The number of carbonyl (C=O) groups is 2. The van der Waals surface area contributed by atoms with Gasteiger partial charge in [0.05, 0.1) is 0 Å². The van der Waals surface area contributed by atoms with Gasteiger partial charge in [-0.05, 0) is 29.9 Å². The number of benzene rings is 1. The maximum Gasteiger partial charge on any atom is 0.319 e. The average molecular weight is 275 g/mol. The summed E-state index contributed by atoms with van der Waals surface area (Å²) in [6.45, 7) is 6.19. The number of hydrogen-bond acceptors (Lipinski definition) is 2. The second-order valence-corrected chi connectivity index (χ2v) is 6.49. The molecule has 2 rings (SSSR count). The lowest BCUT2D eigenvalue weighted by atomic mass is 9.68. The Morgan fingerprint density at radius 2 is 1.80 bits per heavy atom. The summed E-state index contributed by atoms with van der Waals surface area (Å²) < 4.78 is 0. The maximum absolute atomic E-state index is 12.3. The smallest absolute Gasteiger partial charge is 0.319 e. The molecule has 108 valence electrons. The van der Waals surface area contributed by atoms with E-state index in [1.807, 2.05) is 24.3 Å². The van der Waals surface area contributed by atoms with Crippen molar-refractivity contribution in [3.05, 3.63) is 29.8 Å². The van der Waals surface area contributed by atoms with Crippen LogP contribution in [0.4, 0.5) is 5.69 Å². The van der Waals surface area contributed by atoms with Gasteiger partial charge in [0.1, 0.15) is 5.41 Å². The van der Waals surface area contributed by atoms with E-state index in [0.29, 0.717) is 18.5 Å². The van der Waals surface area contributed by atoms with Gasteiger partial charge in [0.25, 0.3) is 0 Å². The Bertz CT molecular complexity index is 539. The first kappa shape index (κ1) is 14.6. The lowest BCUT2D eigenvalue weighted by Crippen LogP contribution is -2.48. The van der Waals surface area contributed by atoms with E-state index in [2.05, 4.69) is 26.1 Å². The van der Waals surface area contributed by atoms with Gasteiger partial charge in [-0.3, -0.25) is 9.59 Å². The third kappa shape index (κ3) is 2.42. The van der Waals surface area contributed by atoms with Crippen LogP contribution in [0.2, 0.25) is 0 Å². The molecule has 0 unspecified atom stereocenters. The van der Waals surface area contributed by atoms with Gasteiger partial charge < -0.3 is 10.4 Å². The number of anilines is 1. The van der Waals surface area contributed by atoms with E-state index in [0.717, 1.165) is 12.0 Å². The van der Waals surface area contributed by atoms with Crippen molar-refractivity contribution >= 4 is 17.6 Å². The zero-order chi connectivity index (χ0) is 15.0. The van der Waals surface area contributed by atoms with Crippen LogP contribution in [0, 0.1) is 5.41 Å². The number of carboxylic acids is 1. The van der Waals surface area contributed by atoms with Gasteiger partial charge in [0, 0.05) is 5.69 Å². The summed E-state index contributed by atoms with van der Waals surface area (Å²) >= 11 is 0. The Labute approximate surface area is 119 Å². The fraction of sp³-hybridized carbons (Fsp3) is 0.500. The summed E-state index contributed by atoms with van der Waals surface area (Å²) in [4.78, 5) is 23.7. The molecule has 1 saturated carbocycles. The lowest BCUT2D eigenvalue weighted by Gasteiger charge is -2.36. The molecule has 4 heteroatoms. The van der Waals surface area contributed by atoms with Crippen molar-refractivity contribution in [2.45, 2.75) is 45.4 Å². The van der Waals surface area contributed by atoms with E-state index in [1.54, 1.807) is 0 Å². The third-order valence-corrected chi connectivity index (χ3v) is 4.03. The van der Waals surface area contributed by atoms with Crippen molar-refractivity contribution in [3.8, 4) is 0 Å². The summed E-state index contributed by atoms with van der Waals surface area (Å²) in [5.74, 6) is -1.41. The van der Waals surface area contributed by atoms with Gasteiger partial charge in [-0.25, -0.2) is 0 Å². The van der Waals surface area contributed by atoms with E-state index in [1.165, 1.54) is 0 Å². The summed E-state index contributed by atoms with van der Waals surface area (Å²) in [6.07, 6.45) is 1.64. The highest BCUT2D eigenvalue weighted by atomic mass is 16.4. The molecular weight excluding hydrogens is 254 g/mol. The van der Waals surface area contributed by atoms with Crippen LogP contribution in [0.3, 0.4) is 0 Å². The summed E-state index contributed by atoms with van der Waals surface area (Å²) in [6, 6.07) is 7.56. The van der Waals surface area contributed by atoms with Crippen molar-refractivity contribution in [2.24, 2.45) is 5.41 Å². The number of hydrogen-bond donors (Lipinski definition) is 2. The molecule has 2 N–H and O–H groups in total. The first-order chi connectivity index (χ1) is 9.27. The number of carbonyl (C=O) groups excluding carboxylic acids is 1. The van der Waals surface area contributed by atoms with Crippen LogP contribution >= 0.6 is 0 Å². The van der Waals surface area contributed by atoms with Crippen LogP contribution in [0.5, 0.6) is 0 Å². The molecule has 0 aliphatic heterocycles. The number of nitrogens with one attached hydrogen (secondary N) is 1. The van der Waals surface area contributed by atoms with E-state index in [4.69, 9.17) is 0 Å². The van der Waals surface area contributed by atoms with Crippen molar-refractivity contribution in [3.63, 3.8) is 0 Å². The molecule has 4 nitrogen and oxygen atoms in total. The molecule has 20 heavy (non-hydrogen) atoms. The fourth-order valence-corrected chi connectivity index (χ4v) is 2.56. The molecule has 1 aliphatic carbocycles. The monoisotopic (exact) mass is 275 g/mol. The molecule has 0 saturated heterocycles. The van der Waals surface area contributed by atoms with Crippen LogP contribution in [0.15, 0.2) is 24.3 Å². The maximum atomic E-state index is 12.3. The number of rotatable bonds is 3. The highest BCUT2D eigenvalue weighted by Gasteiger charge is 2.51. The number of para-hydroxylation sites is 1. The average Bonchev–Trinajstić information content (AvgIpc) is 2.25. The molecule has 0 aromatic heterocycles. The molecule has 0 heterocycles. The molecule has 1 aliphatic rings. The second kappa shape index (κ2) is 4.93. The van der Waals surface area contributed by atoms with Crippen molar-refractivity contribution in [1.29, 1.82) is 0 Å². The van der Waals surface area contributed by atoms with Gasteiger partial charge >= 0.3 is 5.97 Å². The molecule has 0 radical (unpaired) electrons. The van der Waals surface area contributed by atoms with E-state index in [9.17, 15) is 14.7 Å². The Balaban J connectivity index is 2.27. The summed E-state index contributed by atoms with van der Waals surface area (Å²) in [5, 5.41) is 12.1. The van der Waals surface area contributed by atoms with Crippen molar-refractivity contribution in [2.75, 3.05) is 5.32 Å². The summed E-state index contributed by atoms with van der Waals surface area (Å²) in [7, 11) is 0. The number of aliphatic carboxylic acids is 1. The van der Waals surface area contributed by atoms with Gasteiger partial charge in [-0.15, -0.1) is 0 Å². The largest absolute Gasteiger partial charge is 0.480 e. The van der Waals surface area contributed by atoms with E-state index in [-0.39, 0.29) is 5.41 Å². The zero-order valence-electron chi connectivity index (χ0n) is 12.2. The molecule has 0 bridgehead atoms. The minimum atomic E-state index is -1.23. The molecule has 1 aromatic rings. The minimum absolute atomic E-state index is 0.111. The molecule has 1 amide bonds. The SMILES string of the molecule is CC(C)(C)c1ccccc1NC(=O)C1(C(=O)O)CCC1. The summed E-state index contributed by atoms with van der Waals surface area (Å²) in [5.41, 5.74) is 0.371. The predicted molar refractivity (Wildman–Crippen MR) is 77.7 cm³/mol. The normalized spacial score (nSPS) is 17.1. The number of amides is 1. The van der Waals surface area contributed by atoms with Crippen molar-refractivity contribution in [1.82, 2.24) is 0 Å². The van der Waals surface area contributed by atoms with Crippen LogP contribution in [0.1, 0.15) is 45.6 Å². The lowest BCUT2D eigenvalue weighted by molar-refractivity contribution is -0.159. The Kier molecular flexibility index (Phi) is 3.59. The fourth-order valence-electron chi connectivity index (χ4n) is 2.56. The molecule has 0 spiro atoms. The van der Waals surface area contributed by atoms with Crippen LogP contribution < -0.4 is 5.32 Å². The highest BCUT2D eigenvalue weighted by molar-refractivity contribution is 6.09. The van der Waals surface area contributed by atoms with Gasteiger partial charge in [-0.2, -0.15) is 0 Å².